The van der Waals surface area contributed by atoms with E-state index < -0.39 is 49.2 Å². The number of ether oxygens (including phenoxy) is 2. The van der Waals surface area contributed by atoms with Crippen molar-refractivity contribution in [3.05, 3.63) is 0 Å². The lowest BCUT2D eigenvalue weighted by molar-refractivity contribution is -0.179. The summed E-state index contributed by atoms with van der Waals surface area (Å²) in [6.45, 7) is 9.93. The highest BCUT2D eigenvalue weighted by Crippen LogP contribution is 2.64. The molecule has 1 fully saturated rings. The summed E-state index contributed by atoms with van der Waals surface area (Å²) >= 11 is 0. The number of amides is 1. The fourth-order valence-corrected chi connectivity index (χ4v) is 3.84. The molecule has 1 aliphatic heterocycles. The summed E-state index contributed by atoms with van der Waals surface area (Å²) in [5.41, 5.74) is -1.52. The number of methoxy groups -OCH3 is 1. The zero-order chi connectivity index (χ0) is 21.8. The first-order valence-corrected chi connectivity index (χ1v) is 10.4. The SMILES string of the molecule is COC(=O)CCNC(=O)[C@@H]1O[P+](O)(OC(C)OC(=O)C(C)(C)C)OCC1(C)C. The monoisotopic (exact) mass is 424 g/mol. The van der Waals surface area contributed by atoms with Crippen LogP contribution in [0.4, 0.5) is 0 Å². The van der Waals surface area contributed by atoms with Crippen LogP contribution in [0.3, 0.4) is 0 Å². The molecule has 1 aliphatic rings. The van der Waals surface area contributed by atoms with Crippen molar-refractivity contribution in [3.8, 4) is 0 Å². The molecule has 1 amide bonds. The van der Waals surface area contributed by atoms with Gasteiger partial charge in [-0.25, -0.2) is 0 Å². The number of rotatable bonds is 7. The zero-order valence-corrected chi connectivity index (χ0v) is 18.3. The van der Waals surface area contributed by atoms with Crippen LogP contribution in [0.25, 0.3) is 0 Å². The predicted octanol–water partition coefficient (Wildman–Crippen LogP) is 1.73. The van der Waals surface area contributed by atoms with Crippen molar-refractivity contribution in [2.24, 2.45) is 10.8 Å². The van der Waals surface area contributed by atoms with Gasteiger partial charge in [0.05, 0.1) is 18.9 Å². The summed E-state index contributed by atoms with van der Waals surface area (Å²) in [6, 6.07) is 0. The second-order valence-corrected chi connectivity index (χ2v) is 9.78. The molecule has 0 aromatic rings. The average Bonchev–Trinajstić information content (AvgIpc) is 2.56. The minimum atomic E-state index is -3.90. The maximum Gasteiger partial charge on any atom is 0.577 e. The maximum atomic E-state index is 12.5. The van der Waals surface area contributed by atoms with Gasteiger partial charge < -0.3 is 14.8 Å². The van der Waals surface area contributed by atoms with Crippen LogP contribution in [0.1, 0.15) is 48.0 Å². The predicted molar refractivity (Wildman–Crippen MR) is 99.5 cm³/mol. The minimum absolute atomic E-state index is 0.00158. The number of carbonyl (C=O) groups excluding carboxylic acids is 3. The largest absolute Gasteiger partial charge is 0.577 e. The molecule has 10 nitrogen and oxygen atoms in total. The van der Waals surface area contributed by atoms with Crippen LogP contribution in [0.2, 0.25) is 0 Å². The molecule has 0 bridgehead atoms. The van der Waals surface area contributed by atoms with E-state index in [1.807, 2.05) is 0 Å². The van der Waals surface area contributed by atoms with Crippen molar-refractivity contribution in [3.63, 3.8) is 0 Å². The molecule has 2 unspecified atom stereocenters. The van der Waals surface area contributed by atoms with E-state index in [0.717, 1.165) is 0 Å². The molecule has 162 valence electrons. The Balaban J connectivity index is 2.73. The first kappa shape index (κ1) is 24.7. The molecule has 0 radical (unpaired) electrons. The van der Waals surface area contributed by atoms with Gasteiger partial charge in [0.1, 0.15) is 6.61 Å². The summed E-state index contributed by atoms with van der Waals surface area (Å²) in [7, 11) is -2.65. The van der Waals surface area contributed by atoms with Crippen LogP contribution in [-0.2, 0) is 37.4 Å². The molecule has 28 heavy (non-hydrogen) atoms. The van der Waals surface area contributed by atoms with Crippen LogP contribution in [0.15, 0.2) is 0 Å². The molecule has 1 saturated heterocycles. The third kappa shape index (κ3) is 7.25. The van der Waals surface area contributed by atoms with Crippen molar-refractivity contribution in [1.82, 2.24) is 5.32 Å². The highest BCUT2D eigenvalue weighted by molar-refractivity contribution is 7.55. The fourth-order valence-electron chi connectivity index (χ4n) is 2.11. The Bertz CT molecular complexity index is 590. The van der Waals surface area contributed by atoms with Gasteiger partial charge in [-0.15, -0.1) is 9.05 Å². The molecule has 2 N–H and O–H groups in total. The van der Waals surface area contributed by atoms with Gasteiger partial charge in [-0.3, -0.25) is 14.4 Å². The lowest BCUT2D eigenvalue weighted by atomic mass is 9.87. The van der Waals surface area contributed by atoms with E-state index in [9.17, 15) is 19.3 Å². The second-order valence-electron chi connectivity index (χ2n) is 8.16. The normalized spacial score (nSPS) is 25.5. The van der Waals surface area contributed by atoms with E-state index in [2.05, 4.69) is 10.1 Å². The smallest absolute Gasteiger partial charge is 0.469 e. The topological polar surface area (TPSA) is 130 Å². The third-order valence-corrected chi connectivity index (χ3v) is 5.31. The van der Waals surface area contributed by atoms with Crippen molar-refractivity contribution >= 4 is 26.0 Å². The molecule has 0 saturated carbocycles. The fraction of sp³-hybridized carbons (Fsp3) is 0.824. The molecule has 1 heterocycles. The summed E-state index contributed by atoms with van der Waals surface area (Å²) in [5.74, 6) is -1.52. The summed E-state index contributed by atoms with van der Waals surface area (Å²) in [5, 5.41) is 2.56. The van der Waals surface area contributed by atoms with Crippen LogP contribution < -0.4 is 5.32 Å². The summed E-state index contributed by atoms with van der Waals surface area (Å²) in [6.07, 6.45) is -2.24. The first-order chi connectivity index (χ1) is 12.7. The van der Waals surface area contributed by atoms with Gasteiger partial charge in [0.15, 0.2) is 6.10 Å². The molecule has 0 spiro atoms. The number of nitrogens with one attached hydrogen (secondary N) is 1. The quantitative estimate of drug-likeness (QED) is 0.356. The Morgan fingerprint density at radius 2 is 1.93 bits per heavy atom. The lowest BCUT2D eigenvalue weighted by Crippen LogP contribution is -2.51. The Morgan fingerprint density at radius 3 is 2.46 bits per heavy atom. The molecule has 1 rings (SSSR count). The van der Waals surface area contributed by atoms with Crippen molar-refractivity contribution in [2.75, 3.05) is 20.3 Å². The van der Waals surface area contributed by atoms with Gasteiger partial charge in [-0.05, 0) is 20.8 Å². The van der Waals surface area contributed by atoms with E-state index >= 15 is 0 Å². The lowest BCUT2D eigenvalue weighted by Gasteiger charge is -2.36. The van der Waals surface area contributed by atoms with Gasteiger partial charge in [-0.2, -0.15) is 9.42 Å². The van der Waals surface area contributed by atoms with E-state index in [1.54, 1.807) is 34.6 Å². The van der Waals surface area contributed by atoms with E-state index in [4.69, 9.17) is 18.3 Å². The molecule has 0 aliphatic carbocycles. The highest BCUT2D eigenvalue weighted by atomic mass is 31.2. The number of hydrogen-bond acceptors (Lipinski definition) is 9. The molecule has 3 atom stereocenters. The minimum Gasteiger partial charge on any atom is -0.469 e. The zero-order valence-electron chi connectivity index (χ0n) is 17.4. The van der Waals surface area contributed by atoms with Gasteiger partial charge in [-0.1, -0.05) is 13.8 Å². The van der Waals surface area contributed by atoms with Crippen LogP contribution in [0, 0.1) is 10.8 Å². The molecular weight excluding hydrogens is 393 g/mol. The second kappa shape index (κ2) is 9.45. The van der Waals surface area contributed by atoms with Gasteiger partial charge in [0, 0.05) is 18.9 Å². The van der Waals surface area contributed by atoms with Crippen molar-refractivity contribution in [1.29, 1.82) is 0 Å². The van der Waals surface area contributed by atoms with Crippen LogP contribution in [-0.4, -0.2) is 55.4 Å². The Morgan fingerprint density at radius 1 is 1.32 bits per heavy atom. The van der Waals surface area contributed by atoms with Gasteiger partial charge in [0.25, 0.3) is 5.91 Å². The Hall–Kier alpha value is -1.32. The van der Waals surface area contributed by atoms with Gasteiger partial charge in [0.2, 0.25) is 6.29 Å². The average molecular weight is 424 g/mol. The van der Waals surface area contributed by atoms with Crippen molar-refractivity contribution < 1.29 is 42.3 Å². The number of carbonyl (C=O) groups is 3. The van der Waals surface area contributed by atoms with E-state index in [-0.39, 0.29) is 19.6 Å². The molecule has 11 heteroatoms. The standard InChI is InChI=1S/C17H30NO9P/c1-11(25-15(21)16(2,3)4)26-28(22)24-10-17(5,6)13(27-28)14(20)18-9-8-12(19)23-7/h11,13,22H,8-10H2,1-7H3/p+1/t11?,13-,28?/m0/s1. The van der Waals surface area contributed by atoms with E-state index in [0.29, 0.717) is 0 Å². The molecule has 0 aromatic carbocycles. The van der Waals surface area contributed by atoms with E-state index in [1.165, 1.54) is 14.0 Å². The number of esters is 2. The Labute approximate surface area is 165 Å². The van der Waals surface area contributed by atoms with Gasteiger partial charge >= 0.3 is 20.1 Å². The molecular formula is C17H31NO9P+. The first-order valence-electron chi connectivity index (χ1n) is 8.89. The third-order valence-electron chi connectivity index (χ3n) is 3.81. The van der Waals surface area contributed by atoms with Crippen LogP contribution >= 0.6 is 8.17 Å². The summed E-state index contributed by atoms with van der Waals surface area (Å²) < 4.78 is 25.8. The maximum absolute atomic E-state index is 12.5. The highest BCUT2D eigenvalue weighted by Gasteiger charge is 2.60. The van der Waals surface area contributed by atoms with Crippen LogP contribution in [0.5, 0.6) is 0 Å². The molecule has 0 aromatic heterocycles. The van der Waals surface area contributed by atoms with Crippen molar-refractivity contribution in [2.45, 2.75) is 60.4 Å². The Kier molecular flexibility index (Phi) is 8.34. The summed E-state index contributed by atoms with van der Waals surface area (Å²) in [4.78, 5) is 46.1. The number of hydrogen-bond donors (Lipinski definition) is 2.